The van der Waals surface area contributed by atoms with E-state index in [0.717, 1.165) is 5.56 Å². The maximum absolute atomic E-state index is 12.3. The van der Waals surface area contributed by atoms with E-state index in [1.165, 1.54) is 7.11 Å². The van der Waals surface area contributed by atoms with Gasteiger partial charge in [0.05, 0.1) is 14.2 Å². The quantitative estimate of drug-likeness (QED) is 0.828. The first-order chi connectivity index (χ1) is 12.4. The average molecular weight is 355 g/mol. The number of carbonyl (C=O) groups is 1. The van der Waals surface area contributed by atoms with Gasteiger partial charge in [-0.05, 0) is 43.5 Å². The SMILES string of the molecule is COc1ccc(NC(=O)CCc2c(C)[nH]c(=O)c(C#N)c2C)cc1OC. The minimum Gasteiger partial charge on any atom is -0.493 e. The Morgan fingerprint density at radius 2 is 1.92 bits per heavy atom. The molecular formula is C19H21N3O4. The van der Waals surface area contributed by atoms with Crippen LogP contribution in [0.1, 0.15) is 28.8 Å². The van der Waals surface area contributed by atoms with Crippen LogP contribution in [0.15, 0.2) is 23.0 Å². The Morgan fingerprint density at radius 1 is 1.23 bits per heavy atom. The van der Waals surface area contributed by atoms with Gasteiger partial charge in [0.25, 0.3) is 5.56 Å². The van der Waals surface area contributed by atoms with Crippen LogP contribution in [0.4, 0.5) is 5.69 Å². The first-order valence-corrected chi connectivity index (χ1v) is 8.05. The minimum atomic E-state index is -0.402. The van der Waals surface area contributed by atoms with Crippen molar-refractivity contribution in [2.75, 3.05) is 19.5 Å². The predicted octanol–water partition coefficient (Wildman–Crippen LogP) is 2.45. The van der Waals surface area contributed by atoms with Crippen molar-refractivity contribution >= 4 is 11.6 Å². The number of ether oxygens (including phenoxy) is 2. The molecule has 0 saturated heterocycles. The van der Waals surface area contributed by atoms with E-state index in [1.54, 1.807) is 39.2 Å². The number of pyridine rings is 1. The topological polar surface area (TPSA) is 104 Å². The second kappa shape index (κ2) is 8.21. The summed E-state index contributed by atoms with van der Waals surface area (Å²) in [5.74, 6) is 0.922. The molecule has 0 saturated carbocycles. The molecular weight excluding hydrogens is 334 g/mol. The van der Waals surface area contributed by atoms with Crippen LogP contribution in [0.2, 0.25) is 0 Å². The van der Waals surface area contributed by atoms with Crippen LogP contribution in [-0.4, -0.2) is 25.1 Å². The van der Waals surface area contributed by atoms with E-state index in [-0.39, 0.29) is 17.9 Å². The molecule has 1 amide bonds. The Morgan fingerprint density at radius 3 is 2.54 bits per heavy atom. The number of methoxy groups -OCH3 is 2. The third-order valence-corrected chi connectivity index (χ3v) is 4.19. The van der Waals surface area contributed by atoms with E-state index >= 15 is 0 Å². The number of hydrogen-bond donors (Lipinski definition) is 2. The molecule has 0 aliphatic carbocycles. The van der Waals surface area contributed by atoms with Gasteiger partial charge >= 0.3 is 0 Å². The number of H-pyrrole nitrogens is 1. The van der Waals surface area contributed by atoms with E-state index in [9.17, 15) is 9.59 Å². The number of aromatic amines is 1. The van der Waals surface area contributed by atoms with Crippen molar-refractivity contribution < 1.29 is 14.3 Å². The number of aryl methyl sites for hydroxylation is 1. The molecule has 0 spiro atoms. The fourth-order valence-corrected chi connectivity index (χ4v) is 2.80. The molecule has 7 heteroatoms. The lowest BCUT2D eigenvalue weighted by Gasteiger charge is -2.12. The fourth-order valence-electron chi connectivity index (χ4n) is 2.80. The normalized spacial score (nSPS) is 10.1. The Bertz CT molecular complexity index is 926. The van der Waals surface area contributed by atoms with Gasteiger partial charge in [-0.2, -0.15) is 5.26 Å². The molecule has 0 aliphatic rings. The van der Waals surface area contributed by atoms with Gasteiger partial charge in [0.15, 0.2) is 11.5 Å². The molecule has 0 radical (unpaired) electrons. The molecule has 2 N–H and O–H groups in total. The summed E-state index contributed by atoms with van der Waals surface area (Å²) in [5, 5.41) is 11.9. The van der Waals surface area contributed by atoms with Crippen LogP contribution in [0.25, 0.3) is 0 Å². The number of anilines is 1. The van der Waals surface area contributed by atoms with Gasteiger partial charge in [0.2, 0.25) is 5.91 Å². The van der Waals surface area contributed by atoms with E-state index < -0.39 is 5.56 Å². The monoisotopic (exact) mass is 355 g/mol. The molecule has 7 nitrogen and oxygen atoms in total. The van der Waals surface area contributed by atoms with Crippen LogP contribution < -0.4 is 20.3 Å². The molecule has 1 aromatic carbocycles. The van der Waals surface area contributed by atoms with E-state index in [0.29, 0.717) is 34.9 Å². The van der Waals surface area contributed by atoms with Crippen LogP contribution in [0.3, 0.4) is 0 Å². The van der Waals surface area contributed by atoms with E-state index in [2.05, 4.69) is 10.3 Å². The van der Waals surface area contributed by atoms with Crippen molar-refractivity contribution in [1.29, 1.82) is 5.26 Å². The Balaban J connectivity index is 2.11. The summed E-state index contributed by atoms with van der Waals surface area (Å²) in [4.78, 5) is 26.7. The molecule has 2 rings (SSSR count). The summed E-state index contributed by atoms with van der Waals surface area (Å²) >= 11 is 0. The molecule has 1 heterocycles. The highest BCUT2D eigenvalue weighted by molar-refractivity contribution is 5.91. The lowest BCUT2D eigenvalue weighted by Crippen LogP contribution is -2.18. The summed E-state index contributed by atoms with van der Waals surface area (Å²) < 4.78 is 10.4. The summed E-state index contributed by atoms with van der Waals surface area (Å²) in [6.07, 6.45) is 0.634. The summed E-state index contributed by atoms with van der Waals surface area (Å²) in [5.41, 5.74) is 2.38. The average Bonchev–Trinajstić information content (AvgIpc) is 2.61. The van der Waals surface area contributed by atoms with Gasteiger partial charge in [-0.15, -0.1) is 0 Å². The van der Waals surface area contributed by atoms with Gasteiger partial charge in [0.1, 0.15) is 11.6 Å². The number of hydrogen-bond acceptors (Lipinski definition) is 5. The van der Waals surface area contributed by atoms with Gasteiger partial charge in [0, 0.05) is 23.9 Å². The minimum absolute atomic E-state index is 0.0888. The zero-order valence-corrected chi connectivity index (χ0v) is 15.2. The van der Waals surface area contributed by atoms with Crippen LogP contribution in [0.5, 0.6) is 11.5 Å². The maximum Gasteiger partial charge on any atom is 0.266 e. The molecule has 0 aliphatic heterocycles. The first-order valence-electron chi connectivity index (χ1n) is 8.05. The smallest absolute Gasteiger partial charge is 0.266 e. The molecule has 2 aromatic rings. The van der Waals surface area contributed by atoms with Gasteiger partial charge in [-0.1, -0.05) is 0 Å². The van der Waals surface area contributed by atoms with Crippen molar-refractivity contribution in [2.24, 2.45) is 0 Å². The highest BCUT2D eigenvalue weighted by Gasteiger charge is 2.14. The molecule has 0 bridgehead atoms. The van der Waals surface area contributed by atoms with Crippen LogP contribution in [0, 0.1) is 25.2 Å². The highest BCUT2D eigenvalue weighted by Crippen LogP contribution is 2.29. The van der Waals surface area contributed by atoms with Crippen molar-refractivity contribution in [2.45, 2.75) is 26.7 Å². The molecule has 0 fully saturated rings. The largest absolute Gasteiger partial charge is 0.493 e. The van der Waals surface area contributed by atoms with Crippen LogP contribution in [-0.2, 0) is 11.2 Å². The van der Waals surface area contributed by atoms with Crippen molar-refractivity contribution in [3.63, 3.8) is 0 Å². The first kappa shape index (κ1) is 19.1. The number of amides is 1. The predicted molar refractivity (Wildman–Crippen MR) is 97.7 cm³/mol. The Labute approximate surface area is 151 Å². The second-order valence-electron chi connectivity index (χ2n) is 5.79. The fraction of sp³-hybridized carbons (Fsp3) is 0.316. The standard InChI is InChI=1S/C19H21N3O4/c1-11-14(12(2)21-19(24)15(11)10-20)6-8-18(23)22-13-5-7-16(25-3)17(9-13)26-4/h5,7,9H,6,8H2,1-4H3,(H,21,24)(H,22,23). The second-order valence-corrected chi connectivity index (χ2v) is 5.79. The van der Waals surface area contributed by atoms with E-state index in [4.69, 9.17) is 14.7 Å². The Kier molecular flexibility index (Phi) is 6.02. The van der Waals surface area contributed by atoms with Crippen molar-refractivity contribution in [3.05, 3.63) is 50.9 Å². The zero-order chi connectivity index (χ0) is 19.3. The summed E-state index contributed by atoms with van der Waals surface area (Å²) in [6, 6.07) is 7.03. The Hall–Kier alpha value is -3.27. The molecule has 136 valence electrons. The molecule has 1 aromatic heterocycles. The number of nitrogens with zero attached hydrogens (tertiary/aromatic N) is 1. The number of nitriles is 1. The number of rotatable bonds is 6. The number of benzene rings is 1. The zero-order valence-electron chi connectivity index (χ0n) is 15.2. The van der Waals surface area contributed by atoms with Gasteiger partial charge in [-0.3, -0.25) is 9.59 Å². The van der Waals surface area contributed by atoms with E-state index in [1.807, 2.05) is 6.07 Å². The third-order valence-electron chi connectivity index (χ3n) is 4.19. The van der Waals surface area contributed by atoms with Crippen molar-refractivity contribution in [3.8, 4) is 17.6 Å². The third kappa shape index (κ3) is 4.03. The molecule has 0 unspecified atom stereocenters. The summed E-state index contributed by atoms with van der Waals surface area (Å²) in [6.45, 7) is 3.49. The lowest BCUT2D eigenvalue weighted by molar-refractivity contribution is -0.116. The maximum atomic E-state index is 12.3. The van der Waals surface area contributed by atoms with Gasteiger partial charge in [-0.25, -0.2) is 0 Å². The number of nitrogens with one attached hydrogen (secondary N) is 2. The van der Waals surface area contributed by atoms with Gasteiger partial charge < -0.3 is 19.8 Å². The van der Waals surface area contributed by atoms with Crippen molar-refractivity contribution in [1.82, 2.24) is 4.98 Å². The lowest BCUT2D eigenvalue weighted by atomic mass is 9.99. The summed E-state index contributed by atoms with van der Waals surface area (Å²) in [7, 11) is 3.07. The number of carbonyl (C=O) groups excluding carboxylic acids is 1. The molecule has 0 atom stereocenters. The van der Waals surface area contributed by atoms with Crippen LogP contribution >= 0.6 is 0 Å². The molecule has 26 heavy (non-hydrogen) atoms. The number of aromatic nitrogens is 1. The highest BCUT2D eigenvalue weighted by atomic mass is 16.5.